The summed E-state index contributed by atoms with van der Waals surface area (Å²) in [5.74, 6) is 7.22. The molecule has 0 spiro atoms. The first-order chi connectivity index (χ1) is 9.17. The lowest BCUT2D eigenvalue weighted by Crippen LogP contribution is -2.10. The van der Waals surface area contributed by atoms with Gasteiger partial charge < -0.3 is 5.43 Å². The number of hydrogen-bond acceptors (Lipinski definition) is 4. The maximum atomic E-state index is 6.25. The molecule has 2 aromatic rings. The molecule has 0 bridgehead atoms. The lowest BCUT2D eigenvalue weighted by Gasteiger charge is -2.08. The number of nitrogens with two attached hydrogens (primary N) is 1. The first-order valence-electron chi connectivity index (χ1n) is 5.98. The maximum absolute atomic E-state index is 6.25. The molecule has 0 amide bonds. The molecule has 0 aliphatic heterocycles. The minimum atomic E-state index is 0.531. The van der Waals surface area contributed by atoms with Gasteiger partial charge in [0.15, 0.2) is 5.82 Å². The highest BCUT2D eigenvalue weighted by atomic mass is 79.9. The Labute approximate surface area is 124 Å². The van der Waals surface area contributed by atoms with Crippen LogP contribution in [0.5, 0.6) is 0 Å². The molecule has 4 nitrogen and oxygen atoms in total. The Kier molecular flexibility index (Phi) is 3.43. The van der Waals surface area contributed by atoms with Gasteiger partial charge in [-0.15, -0.1) is 0 Å². The third kappa shape index (κ3) is 2.73. The Bertz CT molecular complexity index is 628. The molecule has 0 radical (unpaired) electrons. The summed E-state index contributed by atoms with van der Waals surface area (Å²) >= 11 is 9.63. The molecule has 1 aliphatic carbocycles. The first kappa shape index (κ1) is 12.8. The number of nitrogens with zero attached hydrogens (tertiary/aromatic N) is 2. The Morgan fingerprint density at radius 1 is 1.26 bits per heavy atom. The highest BCUT2D eigenvalue weighted by molar-refractivity contribution is 9.10. The van der Waals surface area contributed by atoms with Crippen molar-refractivity contribution >= 4 is 33.3 Å². The summed E-state index contributed by atoms with van der Waals surface area (Å²) < 4.78 is 0.928. The van der Waals surface area contributed by atoms with E-state index in [2.05, 4.69) is 31.3 Å². The molecule has 98 valence electrons. The highest BCUT2D eigenvalue weighted by Gasteiger charge is 2.26. The van der Waals surface area contributed by atoms with Crippen molar-refractivity contribution in [3.63, 3.8) is 0 Å². The summed E-state index contributed by atoms with van der Waals surface area (Å²) in [6, 6.07) is 7.55. The quantitative estimate of drug-likeness (QED) is 0.661. The van der Waals surface area contributed by atoms with E-state index in [0.717, 1.165) is 15.7 Å². The number of aromatic nitrogens is 2. The van der Waals surface area contributed by atoms with E-state index in [1.807, 2.05) is 24.3 Å². The zero-order valence-electron chi connectivity index (χ0n) is 10.0. The van der Waals surface area contributed by atoms with Crippen molar-refractivity contribution in [3.05, 3.63) is 39.5 Å². The van der Waals surface area contributed by atoms with Gasteiger partial charge in [0.2, 0.25) is 0 Å². The summed E-state index contributed by atoms with van der Waals surface area (Å²) in [6.45, 7) is 0. The largest absolute Gasteiger partial charge is 0.308 e. The van der Waals surface area contributed by atoms with Gasteiger partial charge in [-0.2, -0.15) is 0 Å². The molecule has 6 heteroatoms. The number of nitrogen functional groups attached to an aromatic ring is 1. The third-order valence-electron chi connectivity index (χ3n) is 3.06. The van der Waals surface area contributed by atoms with Crippen molar-refractivity contribution in [3.8, 4) is 11.4 Å². The molecule has 0 atom stereocenters. The van der Waals surface area contributed by atoms with Crippen LogP contribution in [0.25, 0.3) is 11.4 Å². The smallest absolute Gasteiger partial charge is 0.163 e. The molecule has 3 rings (SSSR count). The fraction of sp³-hybridized carbons (Fsp3) is 0.231. The summed E-state index contributed by atoms with van der Waals surface area (Å²) in [7, 11) is 0. The van der Waals surface area contributed by atoms with Gasteiger partial charge in [0.1, 0.15) is 5.82 Å². The molecule has 3 N–H and O–H groups in total. The van der Waals surface area contributed by atoms with Gasteiger partial charge in [0.25, 0.3) is 0 Å². The van der Waals surface area contributed by atoms with Gasteiger partial charge >= 0.3 is 0 Å². The summed E-state index contributed by atoms with van der Waals surface area (Å²) in [6.07, 6.45) is 2.35. The lowest BCUT2D eigenvalue weighted by molar-refractivity contribution is 0.991. The van der Waals surface area contributed by atoms with E-state index in [1.165, 1.54) is 12.8 Å². The van der Waals surface area contributed by atoms with Gasteiger partial charge in [0, 0.05) is 27.7 Å². The van der Waals surface area contributed by atoms with Crippen molar-refractivity contribution in [2.24, 2.45) is 5.84 Å². The average molecular weight is 340 g/mol. The van der Waals surface area contributed by atoms with Crippen LogP contribution in [-0.4, -0.2) is 9.97 Å². The van der Waals surface area contributed by atoms with E-state index < -0.39 is 0 Å². The van der Waals surface area contributed by atoms with Gasteiger partial charge in [-0.05, 0) is 31.0 Å². The second-order valence-corrected chi connectivity index (χ2v) is 5.87. The Hall–Kier alpha value is -1.17. The number of anilines is 1. The van der Waals surface area contributed by atoms with E-state index in [0.29, 0.717) is 22.6 Å². The number of rotatable bonds is 3. The van der Waals surface area contributed by atoms with Crippen molar-refractivity contribution in [1.82, 2.24) is 9.97 Å². The third-order valence-corrected chi connectivity index (χ3v) is 3.87. The minimum Gasteiger partial charge on any atom is -0.308 e. The number of hydrazine groups is 1. The van der Waals surface area contributed by atoms with Gasteiger partial charge in [-0.1, -0.05) is 27.5 Å². The Morgan fingerprint density at radius 2 is 2.05 bits per heavy atom. The Morgan fingerprint density at radius 3 is 2.68 bits per heavy atom. The molecular formula is C13H12BrClN4. The molecular weight excluding hydrogens is 328 g/mol. The van der Waals surface area contributed by atoms with Gasteiger partial charge in [-0.25, -0.2) is 15.8 Å². The predicted octanol–water partition coefficient (Wildman–Crippen LogP) is 3.72. The van der Waals surface area contributed by atoms with Crippen LogP contribution in [0, 0.1) is 0 Å². The van der Waals surface area contributed by atoms with Crippen LogP contribution < -0.4 is 11.3 Å². The molecule has 0 unspecified atom stereocenters. The number of nitrogens with one attached hydrogen (secondary N) is 1. The maximum Gasteiger partial charge on any atom is 0.163 e. The zero-order chi connectivity index (χ0) is 13.4. The molecule has 1 fully saturated rings. The van der Waals surface area contributed by atoms with E-state index in [9.17, 15) is 0 Å². The van der Waals surface area contributed by atoms with Crippen molar-refractivity contribution < 1.29 is 0 Å². The zero-order valence-corrected chi connectivity index (χ0v) is 12.4. The standard InChI is InChI=1S/C13H12BrClN4/c14-8-3-4-9(10(15)5-8)13-17-11(7-1-2-7)6-12(18-13)19-16/h3-7H,1-2,16H2,(H,17,18,19). The Balaban J connectivity index is 2.10. The molecule has 0 saturated heterocycles. The van der Waals surface area contributed by atoms with Crippen molar-refractivity contribution in [2.45, 2.75) is 18.8 Å². The second kappa shape index (κ2) is 5.07. The normalized spacial score (nSPS) is 14.5. The number of hydrogen-bond donors (Lipinski definition) is 2. The predicted molar refractivity (Wildman–Crippen MR) is 80.0 cm³/mol. The van der Waals surface area contributed by atoms with Crippen LogP contribution in [0.15, 0.2) is 28.7 Å². The monoisotopic (exact) mass is 338 g/mol. The van der Waals surface area contributed by atoms with Crippen LogP contribution >= 0.6 is 27.5 Å². The minimum absolute atomic E-state index is 0.531. The first-order valence-corrected chi connectivity index (χ1v) is 7.15. The fourth-order valence-corrected chi connectivity index (χ4v) is 2.68. The van der Waals surface area contributed by atoms with E-state index in [1.54, 1.807) is 0 Å². The molecule has 1 aromatic carbocycles. The summed E-state index contributed by atoms with van der Waals surface area (Å²) in [5.41, 5.74) is 4.42. The van der Waals surface area contributed by atoms with Crippen LogP contribution in [0.3, 0.4) is 0 Å². The summed E-state index contributed by atoms with van der Waals surface area (Å²) in [4.78, 5) is 8.97. The molecule has 19 heavy (non-hydrogen) atoms. The average Bonchev–Trinajstić information content (AvgIpc) is 3.22. The van der Waals surface area contributed by atoms with Crippen LogP contribution in [-0.2, 0) is 0 Å². The summed E-state index contributed by atoms with van der Waals surface area (Å²) in [5, 5.41) is 0.616. The molecule has 1 heterocycles. The topological polar surface area (TPSA) is 63.8 Å². The van der Waals surface area contributed by atoms with Crippen molar-refractivity contribution in [2.75, 3.05) is 5.43 Å². The highest BCUT2D eigenvalue weighted by Crippen LogP contribution is 2.40. The number of halogens is 2. The van der Waals surface area contributed by atoms with Crippen molar-refractivity contribution in [1.29, 1.82) is 0 Å². The van der Waals surface area contributed by atoms with E-state index in [4.69, 9.17) is 17.4 Å². The van der Waals surface area contributed by atoms with E-state index in [-0.39, 0.29) is 0 Å². The second-order valence-electron chi connectivity index (χ2n) is 4.54. The van der Waals surface area contributed by atoms with E-state index >= 15 is 0 Å². The van der Waals surface area contributed by atoms with Gasteiger partial charge in [0.05, 0.1) is 5.02 Å². The fourth-order valence-electron chi connectivity index (χ4n) is 1.92. The molecule has 1 aliphatic rings. The van der Waals surface area contributed by atoms with Crippen LogP contribution in [0.2, 0.25) is 5.02 Å². The molecule has 1 saturated carbocycles. The lowest BCUT2D eigenvalue weighted by atomic mass is 10.2. The van der Waals surface area contributed by atoms with Gasteiger partial charge in [-0.3, -0.25) is 0 Å². The SMILES string of the molecule is NNc1cc(C2CC2)nc(-c2ccc(Br)cc2Cl)n1. The van der Waals surface area contributed by atoms with Crippen LogP contribution in [0.1, 0.15) is 24.5 Å². The molecule has 1 aromatic heterocycles. The number of benzene rings is 1. The van der Waals surface area contributed by atoms with Crippen LogP contribution in [0.4, 0.5) is 5.82 Å².